The molecule has 0 bridgehead atoms. The van der Waals surface area contributed by atoms with Crippen molar-refractivity contribution in [2.45, 2.75) is 38.6 Å². The molecular weight excluding hydrogens is 256 g/mol. The Morgan fingerprint density at radius 3 is 2.75 bits per heavy atom. The third-order valence-corrected chi connectivity index (χ3v) is 3.59. The van der Waals surface area contributed by atoms with Gasteiger partial charge in [0.2, 0.25) is 0 Å². The zero-order valence-corrected chi connectivity index (χ0v) is 11.9. The molecule has 0 spiro atoms. The molecule has 0 unspecified atom stereocenters. The van der Waals surface area contributed by atoms with Crippen LogP contribution in [0.15, 0.2) is 12.1 Å². The van der Waals surface area contributed by atoms with Crippen LogP contribution in [0.3, 0.4) is 0 Å². The highest BCUT2D eigenvalue weighted by atomic mass is 16.3. The van der Waals surface area contributed by atoms with Crippen molar-refractivity contribution in [2.24, 2.45) is 0 Å². The van der Waals surface area contributed by atoms with E-state index in [0.29, 0.717) is 18.3 Å². The third kappa shape index (κ3) is 3.45. The van der Waals surface area contributed by atoms with Gasteiger partial charge in [-0.1, -0.05) is 0 Å². The van der Waals surface area contributed by atoms with Crippen molar-refractivity contribution in [1.82, 2.24) is 15.5 Å². The predicted octanol–water partition coefficient (Wildman–Crippen LogP) is 0.968. The first-order valence-corrected chi connectivity index (χ1v) is 7.25. The molecule has 2 rings (SSSR count). The van der Waals surface area contributed by atoms with Gasteiger partial charge in [-0.15, -0.1) is 10.2 Å². The van der Waals surface area contributed by atoms with Crippen LogP contribution in [0.2, 0.25) is 0 Å². The standard InChI is InChI=1S/C14H22N4O2/c1-2-15-14(20)12-7-8-13(17-16-12)18(9-4-10-19)11-5-3-6-11/h7-8,11,19H,2-6,9-10H2,1H3,(H,15,20). The molecular formula is C14H22N4O2. The fourth-order valence-electron chi connectivity index (χ4n) is 2.27. The summed E-state index contributed by atoms with van der Waals surface area (Å²) in [5.74, 6) is 0.591. The molecule has 1 amide bonds. The number of carbonyl (C=O) groups excluding carboxylic acids is 1. The van der Waals surface area contributed by atoms with Crippen molar-refractivity contribution in [3.8, 4) is 0 Å². The lowest BCUT2D eigenvalue weighted by Crippen LogP contribution is -2.41. The monoisotopic (exact) mass is 278 g/mol. The molecule has 0 aromatic carbocycles. The molecule has 1 fully saturated rings. The highest BCUT2D eigenvalue weighted by Crippen LogP contribution is 2.28. The molecule has 1 aromatic heterocycles. The van der Waals surface area contributed by atoms with E-state index in [-0.39, 0.29) is 12.5 Å². The lowest BCUT2D eigenvalue weighted by atomic mass is 9.91. The molecule has 110 valence electrons. The van der Waals surface area contributed by atoms with Crippen LogP contribution < -0.4 is 10.2 Å². The summed E-state index contributed by atoms with van der Waals surface area (Å²) in [6.45, 7) is 3.39. The lowest BCUT2D eigenvalue weighted by molar-refractivity contribution is 0.0950. The normalized spacial score (nSPS) is 14.7. The van der Waals surface area contributed by atoms with Gasteiger partial charge < -0.3 is 15.3 Å². The summed E-state index contributed by atoms with van der Waals surface area (Å²) < 4.78 is 0. The fourth-order valence-corrected chi connectivity index (χ4v) is 2.27. The Bertz CT molecular complexity index is 431. The SMILES string of the molecule is CCNC(=O)c1ccc(N(CCCO)C2CCC2)nn1. The number of aliphatic hydroxyl groups excluding tert-OH is 1. The molecule has 2 N–H and O–H groups in total. The van der Waals surface area contributed by atoms with Gasteiger partial charge in [0.1, 0.15) is 0 Å². The molecule has 6 heteroatoms. The smallest absolute Gasteiger partial charge is 0.271 e. The summed E-state index contributed by atoms with van der Waals surface area (Å²) in [6, 6.07) is 4.04. The molecule has 1 saturated carbocycles. The van der Waals surface area contributed by atoms with E-state index in [4.69, 9.17) is 5.11 Å². The maximum atomic E-state index is 11.6. The minimum atomic E-state index is -0.197. The minimum absolute atomic E-state index is 0.174. The topological polar surface area (TPSA) is 78.4 Å². The van der Waals surface area contributed by atoms with Gasteiger partial charge in [0.15, 0.2) is 11.5 Å². The molecule has 1 aliphatic rings. The summed E-state index contributed by atoms with van der Waals surface area (Å²) in [6.07, 6.45) is 4.28. The summed E-state index contributed by atoms with van der Waals surface area (Å²) in [4.78, 5) is 13.8. The Labute approximate surface area is 119 Å². The largest absolute Gasteiger partial charge is 0.396 e. The highest BCUT2D eigenvalue weighted by molar-refractivity contribution is 5.92. The number of nitrogens with zero attached hydrogens (tertiary/aromatic N) is 3. The van der Waals surface area contributed by atoms with Crippen molar-refractivity contribution >= 4 is 11.7 Å². The molecule has 0 atom stereocenters. The lowest BCUT2D eigenvalue weighted by Gasteiger charge is -2.38. The Hall–Kier alpha value is -1.69. The van der Waals surface area contributed by atoms with E-state index in [0.717, 1.165) is 31.6 Å². The molecule has 0 radical (unpaired) electrons. The molecule has 0 saturated heterocycles. The second kappa shape index (κ2) is 7.19. The van der Waals surface area contributed by atoms with Gasteiger partial charge in [-0.3, -0.25) is 4.79 Å². The number of nitrogens with one attached hydrogen (secondary N) is 1. The van der Waals surface area contributed by atoms with E-state index >= 15 is 0 Å². The second-order valence-corrected chi connectivity index (χ2v) is 4.99. The van der Waals surface area contributed by atoms with Gasteiger partial charge in [-0.2, -0.15) is 0 Å². The van der Waals surface area contributed by atoms with Crippen LogP contribution >= 0.6 is 0 Å². The van der Waals surface area contributed by atoms with Crippen molar-refractivity contribution in [3.05, 3.63) is 17.8 Å². The number of hydrogen-bond acceptors (Lipinski definition) is 5. The second-order valence-electron chi connectivity index (χ2n) is 4.99. The summed E-state index contributed by atoms with van der Waals surface area (Å²) in [5.41, 5.74) is 0.339. The number of aromatic nitrogens is 2. The van der Waals surface area contributed by atoms with E-state index in [1.165, 1.54) is 6.42 Å². The zero-order chi connectivity index (χ0) is 14.4. The number of carbonyl (C=O) groups is 1. The number of hydrogen-bond donors (Lipinski definition) is 2. The van der Waals surface area contributed by atoms with Gasteiger partial charge in [0.05, 0.1) is 0 Å². The summed E-state index contributed by atoms with van der Waals surface area (Å²) in [7, 11) is 0. The first kappa shape index (κ1) is 14.7. The fraction of sp³-hybridized carbons (Fsp3) is 0.643. The van der Waals surface area contributed by atoms with E-state index in [2.05, 4.69) is 20.4 Å². The van der Waals surface area contributed by atoms with Crippen molar-refractivity contribution < 1.29 is 9.90 Å². The van der Waals surface area contributed by atoms with Gasteiger partial charge in [0.25, 0.3) is 5.91 Å². The number of amides is 1. The first-order chi connectivity index (χ1) is 9.76. The Morgan fingerprint density at radius 2 is 2.25 bits per heavy atom. The Morgan fingerprint density at radius 1 is 1.45 bits per heavy atom. The van der Waals surface area contributed by atoms with Gasteiger partial charge in [0, 0.05) is 25.7 Å². The maximum Gasteiger partial charge on any atom is 0.271 e. The average molecular weight is 278 g/mol. The van der Waals surface area contributed by atoms with Crippen molar-refractivity contribution in [1.29, 1.82) is 0 Å². The van der Waals surface area contributed by atoms with E-state index in [1.54, 1.807) is 6.07 Å². The summed E-state index contributed by atoms with van der Waals surface area (Å²) >= 11 is 0. The van der Waals surface area contributed by atoms with Gasteiger partial charge in [-0.05, 0) is 44.7 Å². The first-order valence-electron chi connectivity index (χ1n) is 7.25. The minimum Gasteiger partial charge on any atom is -0.396 e. The predicted molar refractivity (Wildman–Crippen MR) is 76.7 cm³/mol. The Kier molecular flexibility index (Phi) is 5.29. The number of rotatable bonds is 7. The van der Waals surface area contributed by atoms with Crippen LogP contribution in [-0.4, -0.2) is 46.9 Å². The van der Waals surface area contributed by atoms with Crippen LogP contribution in [0.5, 0.6) is 0 Å². The third-order valence-electron chi connectivity index (χ3n) is 3.59. The van der Waals surface area contributed by atoms with Crippen molar-refractivity contribution in [3.63, 3.8) is 0 Å². The van der Waals surface area contributed by atoms with Crippen LogP contribution in [-0.2, 0) is 0 Å². The van der Waals surface area contributed by atoms with Crippen LogP contribution in [0.1, 0.15) is 43.1 Å². The molecule has 1 heterocycles. The van der Waals surface area contributed by atoms with Gasteiger partial charge >= 0.3 is 0 Å². The van der Waals surface area contributed by atoms with Crippen LogP contribution in [0.25, 0.3) is 0 Å². The Balaban J connectivity index is 2.06. The van der Waals surface area contributed by atoms with Gasteiger partial charge in [-0.25, -0.2) is 0 Å². The highest BCUT2D eigenvalue weighted by Gasteiger charge is 2.26. The number of aliphatic hydroxyl groups is 1. The molecule has 6 nitrogen and oxygen atoms in total. The van der Waals surface area contributed by atoms with Crippen molar-refractivity contribution in [2.75, 3.05) is 24.6 Å². The molecule has 1 aromatic rings. The van der Waals surface area contributed by atoms with Crippen LogP contribution in [0.4, 0.5) is 5.82 Å². The summed E-state index contributed by atoms with van der Waals surface area (Å²) in [5, 5.41) is 19.9. The van der Waals surface area contributed by atoms with E-state index < -0.39 is 0 Å². The van der Waals surface area contributed by atoms with Crippen LogP contribution in [0, 0.1) is 0 Å². The molecule has 20 heavy (non-hydrogen) atoms. The van der Waals surface area contributed by atoms with E-state index in [1.807, 2.05) is 13.0 Å². The zero-order valence-electron chi connectivity index (χ0n) is 11.9. The maximum absolute atomic E-state index is 11.6. The number of anilines is 1. The molecule has 1 aliphatic carbocycles. The van der Waals surface area contributed by atoms with E-state index in [9.17, 15) is 4.79 Å². The quantitative estimate of drug-likeness (QED) is 0.777. The molecule has 0 aliphatic heterocycles. The average Bonchev–Trinajstić information content (AvgIpc) is 2.42.